The number of aromatic nitrogens is 2. The third-order valence-electron chi connectivity index (χ3n) is 2.63. The van der Waals surface area contributed by atoms with E-state index in [0.29, 0.717) is 0 Å². The highest BCUT2D eigenvalue weighted by Gasteiger charge is 2.06. The quantitative estimate of drug-likeness (QED) is 0.590. The summed E-state index contributed by atoms with van der Waals surface area (Å²) in [6.45, 7) is 2.85. The van der Waals surface area contributed by atoms with Gasteiger partial charge in [0.05, 0.1) is 7.11 Å². The molecule has 7 heteroatoms. The Morgan fingerprint density at radius 3 is 2.62 bits per heavy atom. The van der Waals surface area contributed by atoms with Crippen LogP contribution in [0.4, 0.5) is 17.3 Å². The van der Waals surface area contributed by atoms with Crippen molar-refractivity contribution in [1.29, 1.82) is 0 Å². The lowest BCUT2D eigenvalue weighted by Gasteiger charge is -2.11. The fraction of sp³-hybridized carbons (Fsp3) is 0.286. The summed E-state index contributed by atoms with van der Waals surface area (Å²) in [6, 6.07) is 7.67. The Morgan fingerprint density at radius 1 is 1.19 bits per heavy atom. The highest BCUT2D eigenvalue weighted by Crippen LogP contribution is 2.27. The molecule has 0 saturated heterocycles. The van der Waals surface area contributed by atoms with E-state index in [9.17, 15) is 0 Å². The minimum Gasteiger partial charge on any atom is -0.497 e. The van der Waals surface area contributed by atoms with Crippen molar-refractivity contribution in [2.75, 3.05) is 30.5 Å². The van der Waals surface area contributed by atoms with E-state index < -0.39 is 0 Å². The second-order valence-corrected chi connectivity index (χ2v) is 5.85. The molecule has 0 spiro atoms. The lowest BCUT2D eigenvalue weighted by molar-refractivity contribution is 0.415. The molecule has 5 nitrogen and oxygen atoms in total. The van der Waals surface area contributed by atoms with Gasteiger partial charge in [-0.15, -0.1) is 0 Å². The molecule has 0 amide bonds. The van der Waals surface area contributed by atoms with Gasteiger partial charge in [-0.2, -0.15) is 0 Å². The molecule has 1 heterocycles. The summed E-state index contributed by atoms with van der Waals surface area (Å²) >= 11 is 4.97. The van der Waals surface area contributed by atoms with Crippen molar-refractivity contribution in [3.05, 3.63) is 28.7 Å². The molecule has 0 aliphatic carbocycles. The number of halogens is 1. The molecule has 0 radical (unpaired) electrons. The summed E-state index contributed by atoms with van der Waals surface area (Å²) in [4.78, 5) is 8.86. The van der Waals surface area contributed by atoms with Gasteiger partial charge in [-0.05, 0) is 25.3 Å². The molecule has 0 saturated carbocycles. The molecule has 2 aromatic rings. The second kappa shape index (κ2) is 7.51. The lowest BCUT2D eigenvalue weighted by atomic mass is 10.3. The van der Waals surface area contributed by atoms with E-state index in [1.165, 1.54) is 11.8 Å². The van der Waals surface area contributed by atoms with Gasteiger partial charge in [-0.3, -0.25) is 0 Å². The Bertz CT molecular complexity index is 624. The van der Waals surface area contributed by atoms with E-state index >= 15 is 0 Å². The number of hydrogen-bond donors (Lipinski definition) is 2. The Balaban J connectivity index is 2.29. The number of hydrogen-bond acceptors (Lipinski definition) is 6. The Morgan fingerprint density at radius 2 is 1.95 bits per heavy atom. The minimum atomic E-state index is 0.720. The number of benzene rings is 1. The summed E-state index contributed by atoms with van der Waals surface area (Å²) in [6.07, 6.45) is 1.96. The molecular weight excluding hydrogens is 352 g/mol. The van der Waals surface area contributed by atoms with E-state index in [1.807, 2.05) is 37.4 Å². The minimum absolute atomic E-state index is 0.720. The van der Waals surface area contributed by atoms with Gasteiger partial charge in [0.15, 0.2) is 5.16 Å². The first-order valence-electron chi connectivity index (χ1n) is 6.43. The second-order valence-electron chi connectivity index (χ2n) is 4.16. The van der Waals surface area contributed by atoms with Crippen LogP contribution in [0.15, 0.2) is 33.9 Å². The molecule has 0 aliphatic rings. The first-order chi connectivity index (χ1) is 10.1. The molecule has 0 atom stereocenters. The fourth-order valence-corrected chi connectivity index (χ4v) is 2.60. The molecule has 0 aliphatic heterocycles. The fourth-order valence-electron chi connectivity index (χ4n) is 1.75. The topological polar surface area (TPSA) is 59.1 Å². The van der Waals surface area contributed by atoms with E-state index in [4.69, 9.17) is 4.74 Å². The molecule has 1 aromatic heterocycles. The van der Waals surface area contributed by atoms with Crippen LogP contribution in [-0.2, 0) is 0 Å². The molecule has 21 heavy (non-hydrogen) atoms. The van der Waals surface area contributed by atoms with Crippen LogP contribution in [0.25, 0.3) is 0 Å². The lowest BCUT2D eigenvalue weighted by Crippen LogP contribution is -2.03. The molecule has 0 fully saturated rings. The molecule has 1 aromatic carbocycles. The van der Waals surface area contributed by atoms with Crippen LogP contribution < -0.4 is 15.4 Å². The number of anilines is 3. The monoisotopic (exact) mass is 368 g/mol. The van der Waals surface area contributed by atoms with Crippen molar-refractivity contribution < 1.29 is 4.74 Å². The molecule has 2 rings (SSSR count). The largest absolute Gasteiger partial charge is 0.497 e. The van der Waals surface area contributed by atoms with Gasteiger partial charge in [-0.1, -0.05) is 27.7 Å². The Kier molecular flexibility index (Phi) is 5.69. The maximum Gasteiger partial charge on any atom is 0.191 e. The van der Waals surface area contributed by atoms with E-state index in [2.05, 4.69) is 36.5 Å². The average molecular weight is 369 g/mol. The molecule has 0 unspecified atom stereocenters. The maximum absolute atomic E-state index is 5.26. The van der Waals surface area contributed by atoms with Crippen molar-refractivity contribution in [1.82, 2.24) is 9.97 Å². The molecule has 0 bridgehead atoms. The van der Waals surface area contributed by atoms with Crippen LogP contribution in [-0.4, -0.2) is 29.9 Å². The van der Waals surface area contributed by atoms with Gasteiger partial charge < -0.3 is 15.4 Å². The standard InChI is InChI=1S/C14H17BrN4OS/c1-4-16-12-8-13(19-14(18-12)21-3)17-10-5-9(15)6-11(7-10)20-2/h5-8H,4H2,1-3H3,(H2,16,17,18,19). The normalized spacial score (nSPS) is 10.3. The van der Waals surface area contributed by atoms with Crippen molar-refractivity contribution in [3.8, 4) is 5.75 Å². The van der Waals surface area contributed by atoms with Crippen molar-refractivity contribution in [3.63, 3.8) is 0 Å². The van der Waals surface area contributed by atoms with Gasteiger partial charge in [0.2, 0.25) is 0 Å². The van der Waals surface area contributed by atoms with Gasteiger partial charge in [0.25, 0.3) is 0 Å². The van der Waals surface area contributed by atoms with Crippen molar-refractivity contribution in [2.45, 2.75) is 12.1 Å². The molecule has 112 valence electrons. The summed E-state index contributed by atoms with van der Waals surface area (Å²) in [5, 5.41) is 7.20. The van der Waals surface area contributed by atoms with Crippen molar-refractivity contribution in [2.24, 2.45) is 0 Å². The summed E-state index contributed by atoms with van der Waals surface area (Å²) in [5.74, 6) is 2.32. The zero-order valence-corrected chi connectivity index (χ0v) is 14.5. The third kappa shape index (κ3) is 4.50. The molecular formula is C14H17BrN4OS. The van der Waals surface area contributed by atoms with E-state index in [0.717, 1.165) is 39.2 Å². The average Bonchev–Trinajstić information content (AvgIpc) is 2.46. The van der Waals surface area contributed by atoms with Crippen LogP contribution in [0.2, 0.25) is 0 Å². The van der Waals surface area contributed by atoms with Crippen LogP contribution in [0, 0.1) is 0 Å². The van der Waals surface area contributed by atoms with Crippen molar-refractivity contribution >= 4 is 45.0 Å². The van der Waals surface area contributed by atoms with E-state index in [-0.39, 0.29) is 0 Å². The van der Waals surface area contributed by atoms with Gasteiger partial charge in [-0.25, -0.2) is 9.97 Å². The number of thioether (sulfide) groups is 1. The first-order valence-corrected chi connectivity index (χ1v) is 8.45. The first kappa shape index (κ1) is 15.9. The number of ether oxygens (including phenoxy) is 1. The highest BCUT2D eigenvalue weighted by molar-refractivity contribution is 9.10. The Labute approximate surface area is 137 Å². The smallest absolute Gasteiger partial charge is 0.191 e. The third-order valence-corrected chi connectivity index (χ3v) is 3.63. The zero-order valence-electron chi connectivity index (χ0n) is 12.1. The maximum atomic E-state index is 5.26. The van der Waals surface area contributed by atoms with Gasteiger partial charge in [0, 0.05) is 28.8 Å². The Hall–Kier alpha value is -1.47. The summed E-state index contributed by atoms with van der Waals surface area (Å²) < 4.78 is 6.20. The summed E-state index contributed by atoms with van der Waals surface area (Å²) in [5.41, 5.74) is 0.898. The number of nitrogens with one attached hydrogen (secondary N) is 2. The number of rotatable bonds is 6. The SMILES string of the molecule is CCNc1cc(Nc2cc(Br)cc(OC)c2)nc(SC)n1. The number of nitrogens with zero attached hydrogens (tertiary/aromatic N) is 2. The van der Waals surface area contributed by atoms with Crippen LogP contribution >= 0.6 is 27.7 Å². The predicted molar refractivity (Wildman–Crippen MR) is 92.0 cm³/mol. The van der Waals surface area contributed by atoms with Crippen LogP contribution in [0.5, 0.6) is 5.75 Å². The predicted octanol–water partition coefficient (Wildman–Crippen LogP) is 4.15. The summed E-state index contributed by atoms with van der Waals surface area (Å²) in [7, 11) is 1.64. The van der Waals surface area contributed by atoms with Crippen LogP contribution in [0.3, 0.4) is 0 Å². The van der Waals surface area contributed by atoms with Gasteiger partial charge >= 0.3 is 0 Å². The van der Waals surface area contributed by atoms with Gasteiger partial charge in [0.1, 0.15) is 17.4 Å². The number of methoxy groups -OCH3 is 1. The molecule has 2 N–H and O–H groups in total. The van der Waals surface area contributed by atoms with Crippen LogP contribution in [0.1, 0.15) is 6.92 Å². The van der Waals surface area contributed by atoms with E-state index in [1.54, 1.807) is 7.11 Å². The highest BCUT2D eigenvalue weighted by atomic mass is 79.9. The zero-order chi connectivity index (χ0) is 15.2.